The van der Waals surface area contributed by atoms with E-state index in [1.165, 1.54) is 5.69 Å². The number of nitrogens with two attached hydrogens (primary N) is 1. The third kappa shape index (κ3) is 4.62. The van der Waals surface area contributed by atoms with Gasteiger partial charge in [0.25, 0.3) is 0 Å². The van der Waals surface area contributed by atoms with Gasteiger partial charge in [0, 0.05) is 61.2 Å². The van der Waals surface area contributed by atoms with E-state index in [0.717, 1.165) is 42.9 Å². The first-order chi connectivity index (χ1) is 16.0. The highest BCUT2D eigenvalue weighted by Gasteiger charge is 2.32. The Kier molecular flexibility index (Phi) is 5.62. The fourth-order valence-electron chi connectivity index (χ4n) is 4.13. The van der Waals surface area contributed by atoms with Crippen molar-refractivity contribution >= 4 is 29.0 Å². The van der Waals surface area contributed by atoms with E-state index in [-0.39, 0.29) is 0 Å². The van der Waals surface area contributed by atoms with Crippen LogP contribution in [-0.2, 0) is 0 Å². The number of ether oxygens (including phenoxy) is 1. The van der Waals surface area contributed by atoms with Gasteiger partial charge in [0.15, 0.2) is 0 Å². The van der Waals surface area contributed by atoms with Gasteiger partial charge in [-0.25, -0.2) is 0 Å². The monoisotopic (exact) mass is 444 g/mol. The van der Waals surface area contributed by atoms with Crippen LogP contribution < -0.4 is 25.6 Å². The number of piperidine rings is 1. The van der Waals surface area contributed by atoms with Gasteiger partial charge < -0.3 is 30.7 Å². The highest BCUT2D eigenvalue weighted by atomic mass is 16.7. The lowest BCUT2D eigenvalue weighted by atomic mass is 10.1. The van der Waals surface area contributed by atoms with Crippen molar-refractivity contribution in [2.45, 2.75) is 24.9 Å². The van der Waals surface area contributed by atoms with Crippen LogP contribution >= 0.6 is 0 Å². The molecule has 170 valence electrons. The summed E-state index contributed by atoms with van der Waals surface area (Å²) >= 11 is 0. The molecule has 8 heteroatoms. The Bertz CT molecular complexity index is 1130. The number of aliphatic hydroxyl groups is 1. The van der Waals surface area contributed by atoms with Crippen LogP contribution in [0.1, 0.15) is 18.4 Å². The molecule has 4 N–H and O–H groups in total. The molecule has 3 aromatic rings. The predicted octanol–water partition coefficient (Wildman–Crippen LogP) is 3.30. The molecule has 2 aliphatic rings. The van der Waals surface area contributed by atoms with E-state index < -0.39 is 6.03 Å². The molecule has 0 radical (unpaired) electrons. The number of pyridine rings is 1. The first kappa shape index (κ1) is 21.2. The number of hydrogen-bond acceptors (Lipinski definition) is 8. The minimum atomic E-state index is -1.88. The fourth-order valence-corrected chi connectivity index (χ4v) is 4.13. The molecule has 1 unspecified atom stereocenters. The molecule has 1 atom stereocenters. The van der Waals surface area contributed by atoms with Crippen molar-refractivity contribution in [2.75, 3.05) is 35.3 Å². The first-order valence-electron chi connectivity index (χ1n) is 11.1. The van der Waals surface area contributed by atoms with Gasteiger partial charge in [-0.15, -0.1) is 0 Å². The van der Waals surface area contributed by atoms with Gasteiger partial charge in [0.1, 0.15) is 5.75 Å². The number of hydrogen-bond donors (Lipinski definition) is 3. The van der Waals surface area contributed by atoms with Crippen LogP contribution in [-0.4, -0.2) is 48.5 Å². The molecule has 0 aliphatic carbocycles. The Morgan fingerprint density at radius 2 is 1.73 bits per heavy atom. The molecule has 33 heavy (non-hydrogen) atoms. The van der Waals surface area contributed by atoms with Crippen LogP contribution in [0.3, 0.4) is 0 Å². The lowest BCUT2D eigenvalue weighted by molar-refractivity contribution is -0.104. The van der Waals surface area contributed by atoms with Crippen molar-refractivity contribution in [2.24, 2.45) is 10.7 Å². The van der Waals surface area contributed by atoms with Crippen LogP contribution in [0.15, 0.2) is 72.0 Å². The van der Waals surface area contributed by atoms with Gasteiger partial charge in [-0.3, -0.25) is 4.98 Å². The van der Waals surface area contributed by atoms with Crippen LogP contribution in [0.2, 0.25) is 0 Å². The molecular weight excluding hydrogens is 416 g/mol. The Morgan fingerprint density at radius 3 is 2.42 bits per heavy atom. The molecule has 1 aromatic heterocycles. The zero-order chi connectivity index (χ0) is 22.8. The number of fused-ring (bicyclic) bond motifs is 1. The van der Waals surface area contributed by atoms with E-state index in [4.69, 9.17) is 10.5 Å². The zero-order valence-corrected chi connectivity index (χ0v) is 18.6. The summed E-state index contributed by atoms with van der Waals surface area (Å²) in [5.74, 6) is 0.491. The third-order valence-electron chi connectivity index (χ3n) is 6.16. The second-order valence-corrected chi connectivity index (χ2v) is 8.45. The summed E-state index contributed by atoms with van der Waals surface area (Å²) in [4.78, 5) is 12.7. The maximum atomic E-state index is 10.7. The second-order valence-electron chi connectivity index (χ2n) is 8.45. The Balaban J connectivity index is 1.24. The van der Waals surface area contributed by atoms with Crippen molar-refractivity contribution < 1.29 is 9.84 Å². The van der Waals surface area contributed by atoms with Gasteiger partial charge in [0.05, 0.1) is 11.9 Å². The van der Waals surface area contributed by atoms with Crippen LogP contribution in [0.5, 0.6) is 5.75 Å². The predicted molar refractivity (Wildman–Crippen MR) is 131 cm³/mol. The van der Waals surface area contributed by atoms with Crippen molar-refractivity contribution in [3.63, 3.8) is 0 Å². The molecule has 0 amide bonds. The van der Waals surface area contributed by atoms with E-state index in [2.05, 4.69) is 49.4 Å². The van der Waals surface area contributed by atoms with Crippen molar-refractivity contribution in [3.05, 3.63) is 72.6 Å². The summed E-state index contributed by atoms with van der Waals surface area (Å²) in [6.45, 7) is 2.01. The van der Waals surface area contributed by atoms with Crippen LogP contribution in [0.4, 0.5) is 22.7 Å². The molecule has 2 aromatic carbocycles. The lowest BCUT2D eigenvalue weighted by Gasteiger charge is -2.32. The summed E-state index contributed by atoms with van der Waals surface area (Å²) in [6.07, 6.45) is 6.94. The van der Waals surface area contributed by atoms with Crippen molar-refractivity contribution in [1.29, 1.82) is 0 Å². The van der Waals surface area contributed by atoms with Crippen LogP contribution in [0.25, 0.3) is 0 Å². The van der Waals surface area contributed by atoms with E-state index in [0.29, 0.717) is 17.5 Å². The second kappa shape index (κ2) is 8.73. The summed E-state index contributed by atoms with van der Waals surface area (Å²) in [7, 11) is 2.02. The van der Waals surface area contributed by atoms with E-state index in [1.807, 2.05) is 37.4 Å². The number of rotatable bonds is 5. The van der Waals surface area contributed by atoms with Gasteiger partial charge in [-0.1, -0.05) is 0 Å². The summed E-state index contributed by atoms with van der Waals surface area (Å²) in [5, 5.41) is 13.6. The number of nitrogens with zero attached hydrogens (tertiary/aromatic N) is 4. The molecule has 5 rings (SSSR count). The van der Waals surface area contributed by atoms with Crippen molar-refractivity contribution in [1.82, 2.24) is 4.98 Å². The Labute approximate surface area is 193 Å². The third-order valence-corrected chi connectivity index (χ3v) is 6.16. The highest BCUT2D eigenvalue weighted by molar-refractivity contribution is 5.89. The Hall–Kier alpha value is -3.62. The van der Waals surface area contributed by atoms with E-state index in [1.54, 1.807) is 18.6 Å². The highest BCUT2D eigenvalue weighted by Crippen LogP contribution is 2.30. The molecule has 3 heterocycles. The fraction of sp³-hybridized carbons (Fsp3) is 0.280. The number of aliphatic imine (C=N–C) groups is 1. The zero-order valence-electron chi connectivity index (χ0n) is 18.6. The van der Waals surface area contributed by atoms with Gasteiger partial charge in [-0.05, 0) is 67.4 Å². The number of aromatic nitrogens is 1. The molecule has 0 saturated carbocycles. The normalized spacial score (nSPS) is 20.2. The minimum absolute atomic E-state index is 0.327. The smallest absolute Gasteiger partial charge is 0.401 e. The molecular formula is C25H28N6O2. The molecule has 1 saturated heterocycles. The number of nitrogens with one attached hydrogen (secondary N) is 1. The minimum Gasteiger partial charge on any atom is -0.426 e. The maximum Gasteiger partial charge on any atom is 0.401 e. The molecule has 1 fully saturated rings. The maximum absolute atomic E-state index is 10.7. The molecule has 0 bridgehead atoms. The molecule has 8 nitrogen and oxygen atoms in total. The molecule has 2 aliphatic heterocycles. The summed E-state index contributed by atoms with van der Waals surface area (Å²) in [5.41, 5.74) is 10.8. The lowest BCUT2D eigenvalue weighted by Crippen LogP contribution is -2.44. The molecule has 0 spiro atoms. The van der Waals surface area contributed by atoms with Gasteiger partial charge in [-0.2, -0.15) is 4.99 Å². The number of anilines is 4. The van der Waals surface area contributed by atoms with Crippen LogP contribution in [0, 0.1) is 0 Å². The standard InChI is InChI=1S/C25H28N6O2/c1-30(20-2-4-22(5-3-20)31-14-11-19(26)12-15-31)21-6-8-23(9-7-21)33-25(32)28-16-18-10-13-27-17-24(18)29-25/h2-10,13,16-17,19,29,32H,11-12,14-15,26H2,1H3. The van der Waals surface area contributed by atoms with Gasteiger partial charge >= 0.3 is 6.03 Å². The average Bonchev–Trinajstić information content (AvgIpc) is 2.84. The summed E-state index contributed by atoms with van der Waals surface area (Å²) < 4.78 is 5.72. The summed E-state index contributed by atoms with van der Waals surface area (Å²) in [6, 6.07) is 16.4. The number of benzene rings is 2. The largest absolute Gasteiger partial charge is 0.426 e. The van der Waals surface area contributed by atoms with Crippen molar-refractivity contribution in [3.8, 4) is 5.75 Å². The first-order valence-corrected chi connectivity index (χ1v) is 11.1. The quantitative estimate of drug-likeness (QED) is 0.519. The van der Waals surface area contributed by atoms with Gasteiger partial charge in [0.2, 0.25) is 0 Å². The topological polar surface area (TPSA) is 99.2 Å². The average molecular weight is 445 g/mol. The van der Waals surface area contributed by atoms with E-state index in [9.17, 15) is 5.11 Å². The Morgan fingerprint density at radius 1 is 1.06 bits per heavy atom. The SMILES string of the molecule is CN(c1ccc(OC2(O)N=Cc3ccncc3N2)cc1)c1ccc(N2CCC(N)CC2)cc1. The van der Waals surface area contributed by atoms with E-state index >= 15 is 0 Å².